The van der Waals surface area contributed by atoms with Crippen molar-refractivity contribution in [3.63, 3.8) is 0 Å². The first-order chi connectivity index (χ1) is 15.3. The van der Waals surface area contributed by atoms with Gasteiger partial charge in [0.25, 0.3) is 16.0 Å². The maximum absolute atomic E-state index is 12.9. The van der Waals surface area contributed by atoms with Gasteiger partial charge in [0, 0.05) is 24.9 Å². The molecule has 0 saturated heterocycles. The third-order valence-corrected chi connectivity index (χ3v) is 8.50. The molecule has 0 aliphatic heterocycles. The van der Waals surface area contributed by atoms with E-state index < -0.39 is 38.2 Å². The summed E-state index contributed by atoms with van der Waals surface area (Å²) >= 11 is 0. The minimum Gasteiger partial charge on any atom is -0.497 e. The van der Waals surface area contributed by atoms with E-state index in [4.69, 9.17) is 13.4 Å². The number of methoxy groups -OCH3 is 1. The number of Topliss-reactive ketones (excluding diaryl/α,β-unsaturated/α-hetero) is 1. The van der Waals surface area contributed by atoms with Gasteiger partial charge >= 0.3 is 5.63 Å². The Hall–Kier alpha value is -2.72. The average Bonchev–Trinajstić information content (AvgIpc) is 2.90. The number of hydrogen-bond donors (Lipinski definition) is 0. The van der Waals surface area contributed by atoms with Crippen LogP contribution in [0.2, 0.25) is 0 Å². The highest BCUT2D eigenvalue weighted by Crippen LogP contribution is 2.56. The van der Waals surface area contributed by atoms with Crippen LogP contribution in [0.25, 0.3) is 11.0 Å². The number of benzene rings is 1. The van der Waals surface area contributed by atoms with Crippen LogP contribution in [0, 0.1) is 16.7 Å². The molecule has 0 spiro atoms. The summed E-state index contributed by atoms with van der Waals surface area (Å²) in [5.74, 6) is -1.20. The normalized spacial score (nSPS) is 22.5. The van der Waals surface area contributed by atoms with Crippen LogP contribution in [-0.4, -0.2) is 45.1 Å². The van der Waals surface area contributed by atoms with Gasteiger partial charge in [-0.25, -0.2) is 9.86 Å². The average molecular weight is 480 g/mol. The topological polar surface area (TPSA) is 120 Å². The third-order valence-electron chi connectivity index (χ3n) is 7.20. The Balaban J connectivity index is 1.86. The molecule has 1 fully saturated rings. The Bertz CT molecular complexity index is 1260. The standard InChI is InChI=1S/C23H29NO8S/c1-7-23(19(25)10-14(2)22(23,3)4)13-33(28,29)32-24(5)20(26)17-11-15-8-9-16(30-6)12-18(15)31-21(17)27/h8-9,11-12,14H,7,10,13H2,1-6H3. The molecule has 1 aromatic heterocycles. The molecular weight excluding hydrogens is 450 g/mol. The summed E-state index contributed by atoms with van der Waals surface area (Å²) in [5, 5.41) is 0.933. The molecule has 1 saturated carbocycles. The highest BCUT2D eigenvalue weighted by atomic mass is 32.2. The number of hydrogen-bond acceptors (Lipinski definition) is 8. The monoisotopic (exact) mass is 479 g/mol. The molecule has 0 bridgehead atoms. The van der Waals surface area contributed by atoms with Gasteiger partial charge < -0.3 is 9.15 Å². The maximum Gasteiger partial charge on any atom is 0.349 e. The molecule has 10 heteroatoms. The Labute approximate surface area is 192 Å². The second-order valence-electron chi connectivity index (χ2n) is 9.12. The van der Waals surface area contributed by atoms with Gasteiger partial charge in [-0.05, 0) is 36.0 Å². The molecule has 1 aliphatic rings. The molecule has 3 rings (SSSR count). The number of nitrogens with zero attached hydrogens (tertiary/aromatic N) is 1. The van der Waals surface area contributed by atoms with E-state index in [1.54, 1.807) is 19.1 Å². The SMILES string of the molecule is CCC1(CS(=O)(=O)ON(C)C(=O)c2cc3ccc(OC)cc3oc2=O)C(=O)CC(C)C1(C)C. The molecule has 9 nitrogen and oxygen atoms in total. The summed E-state index contributed by atoms with van der Waals surface area (Å²) in [5.41, 5.74) is -2.82. The van der Waals surface area contributed by atoms with E-state index in [1.807, 2.05) is 20.8 Å². The molecule has 0 radical (unpaired) electrons. The first kappa shape index (κ1) is 24.9. The quantitative estimate of drug-likeness (QED) is 0.439. The lowest BCUT2D eigenvalue weighted by Gasteiger charge is -2.41. The fraction of sp³-hybridized carbons (Fsp3) is 0.522. The van der Waals surface area contributed by atoms with Crippen LogP contribution >= 0.6 is 0 Å². The van der Waals surface area contributed by atoms with Gasteiger partial charge in [-0.2, -0.15) is 8.42 Å². The molecule has 2 aromatic rings. The molecule has 2 atom stereocenters. The van der Waals surface area contributed by atoms with Crippen LogP contribution in [0.5, 0.6) is 5.75 Å². The zero-order valence-corrected chi connectivity index (χ0v) is 20.4. The van der Waals surface area contributed by atoms with Crippen molar-refractivity contribution in [1.82, 2.24) is 5.06 Å². The van der Waals surface area contributed by atoms with Crippen molar-refractivity contribution in [3.8, 4) is 5.75 Å². The Kier molecular flexibility index (Phi) is 6.47. The number of amides is 1. The summed E-state index contributed by atoms with van der Waals surface area (Å²) < 4.78 is 41.2. The predicted octanol–water partition coefficient (Wildman–Crippen LogP) is 3.17. The van der Waals surface area contributed by atoms with Crippen molar-refractivity contribution in [2.45, 2.75) is 40.5 Å². The lowest BCUT2D eigenvalue weighted by molar-refractivity contribution is -0.128. The van der Waals surface area contributed by atoms with Crippen LogP contribution in [0.4, 0.5) is 0 Å². The summed E-state index contributed by atoms with van der Waals surface area (Å²) in [6, 6.07) is 6.04. The van der Waals surface area contributed by atoms with Crippen LogP contribution < -0.4 is 10.4 Å². The van der Waals surface area contributed by atoms with E-state index in [0.29, 0.717) is 22.6 Å². The zero-order chi connectivity index (χ0) is 24.8. The van der Waals surface area contributed by atoms with Crippen molar-refractivity contribution in [3.05, 3.63) is 40.2 Å². The number of fused-ring (bicyclic) bond motifs is 1. The van der Waals surface area contributed by atoms with Crippen molar-refractivity contribution in [1.29, 1.82) is 0 Å². The fourth-order valence-electron chi connectivity index (χ4n) is 4.65. The van der Waals surface area contributed by atoms with Crippen molar-refractivity contribution >= 4 is 32.8 Å². The van der Waals surface area contributed by atoms with Crippen molar-refractivity contribution < 1.29 is 31.4 Å². The molecule has 0 N–H and O–H groups in total. The number of ketones is 1. The number of carbonyl (C=O) groups excluding carboxylic acids is 2. The molecule has 2 unspecified atom stereocenters. The summed E-state index contributed by atoms with van der Waals surface area (Å²) in [7, 11) is -1.78. The minimum absolute atomic E-state index is 0.000341. The van der Waals surface area contributed by atoms with E-state index >= 15 is 0 Å². The largest absolute Gasteiger partial charge is 0.497 e. The van der Waals surface area contributed by atoms with E-state index in [1.165, 1.54) is 19.2 Å². The van der Waals surface area contributed by atoms with E-state index in [9.17, 15) is 22.8 Å². The van der Waals surface area contributed by atoms with Crippen LogP contribution in [0.15, 0.2) is 33.5 Å². The van der Waals surface area contributed by atoms with E-state index in [0.717, 1.165) is 7.05 Å². The van der Waals surface area contributed by atoms with E-state index in [2.05, 4.69) is 0 Å². The maximum atomic E-state index is 12.9. The first-order valence-electron chi connectivity index (χ1n) is 10.6. The van der Waals surface area contributed by atoms with Crippen LogP contribution in [-0.2, 0) is 19.2 Å². The second-order valence-corrected chi connectivity index (χ2v) is 10.7. The molecule has 1 aromatic carbocycles. The Morgan fingerprint density at radius 3 is 2.45 bits per heavy atom. The summed E-state index contributed by atoms with van der Waals surface area (Å²) in [6.07, 6.45) is 0.606. The minimum atomic E-state index is -4.34. The Morgan fingerprint density at radius 1 is 1.24 bits per heavy atom. The predicted molar refractivity (Wildman–Crippen MR) is 121 cm³/mol. The second kappa shape index (κ2) is 8.57. The molecule has 1 amide bonds. The zero-order valence-electron chi connectivity index (χ0n) is 19.6. The van der Waals surface area contributed by atoms with Gasteiger partial charge in [-0.15, -0.1) is 4.28 Å². The van der Waals surface area contributed by atoms with Gasteiger partial charge in [0.2, 0.25) is 0 Å². The third kappa shape index (κ3) is 4.29. The lowest BCUT2D eigenvalue weighted by Crippen LogP contribution is -2.46. The molecule has 33 heavy (non-hydrogen) atoms. The van der Waals surface area contributed by atoms with Gasteiger partial charge in [-0.1, -0.05) is 27.7 Å². The molecule has 1 aliphatic carbocycles. The fourth-order valence-corrected chi connectivity index (χ4v) is 6.45. The number of rotatable bonds is 7. The Morgan fingerprint density at radius 2 is 1.91 bits per heavy atom. The molecular formula is C23H29NO8S. The highest BCUT2D eigenvalue weighted by molar-refractivity contribution is 7.86. The molecule has 180 valence electrons. The van der Waals surface area contributed by atoms with Crippen molar-refractivity contribution in [2.75, 3.05) is 19.9 Å². The van der Waals surface area contributed by atoms with Crippen LogP contribution in [0.3, 0.4) is 0 Å². The number of hydroxylamine groups is 2. The van der Waals surface area contributed by atoms with Crippen molar-refractivity contribution in [2.24, 2.45) is 16.7 Å². The van der Waals surface area contributed by atoms with Gasteiger partial charge in [0.05, 0.1) is 18.3 Å². The van der Waals surface area contributed by atoms with Crippen LogP contribution in [0.1, 0.15) is 50.9 Å². The summed E-state index contributed by atoms with van der Waals surface area (Å²) in [4.78, 5) is 38.0. The van der Waals surface area contributed by atoms with E-state index in [-0.39, 0.29) is 29.3 Å². The lowest BCUT2D eigenvalue weighted by atomic mass is 9.64. The summed E-state index contributed by atoms with van der Waals surface area (Å²) in [6.45, 7) is 7.46. The number of carbonyl (C=O) groups is 2. The first-order valence-corrected chi connectivity index (χ1v) is 12.2. The highest BCUT2D eigenvalue weighted by Gasteiger charge is 2.59. The number of ether oxygens (including phenoxy) is 1. The van der Waals surface area contributed by atoms with Gasteiger partial charge in [-0.3, -0.25) is 9.59 Å². The van der Waals surface area contributed by atoms with Gasteiger partial charge in [0.1, 0.15) is 22.7 Å². The molecule has 1 heterocycles. The van der Waals surface area contributed by atoms with Gasteiger partial charge in [0.15, 0.2) is 0 Å². The smallest absolute Gasteiger partial charge is 0.349 e.